The highest BCUT2D eigenvalue weighted by Gasteiger charge is 2.19. The molecule has 1 unspecified atom stereocenters. The predicted molar refractivity (Wildman–Crippen MR) is 55.9 cm³/mol. The van der Waals surface area contributed by atoms with Crippen molar-refractivity contribution in [3.63, 3.8) is 0 Å². The number of aryl methyl sites for hydroxylation is 1. The third kappa shape index (κ3) is 1.87. The van der Waals surface area contributed by atoms with Gasteiger partial charge in [0.05, 0.1) is 0 Å². The van der Waals surface area contributed by atoms with Crippen LogP contribution < -0.4 is 10.6 Å². The van der Waals surface area contributed by atoms with Crippen molar-refractivity contribution >= 4 is 5.69 Å². The maximum atomic E-state index is 13.1. The fourth-order valence-corrected chi connectivity index (χ4v) is 1.92. The summed E-state index contributed by atoms with van der Waals surface area (Å²) in [7, 11) is 0. The largest absolute Gasteiger partial charge is 0.370 e. The van der Waals surface area contributed by atoms with Gasteiger partial charge in [-0.1, -0.05) is 0 Å². The third-order valence-corrected chi connectivity index (χ3v) is 2.62. The monoisotopic (exact) mass is 194 g/mol. The van der Waals surface area contributed by atoms with Crippen LogP contribution in [0.3, 0.4) is 0 Å². The Morgan fingerprint density at radius 3 is 2.79 bits per heavy atom. The van der Waals surface area contributed by atoms with Crippen LogP contribution in [0.2, 0.25) is 0 Å². The Bertz CT molecular complexity index is 318. The molecule has 0 spiro atoms. The first kappa shape index (κ1) is 9.46. The number of benzene rings is 1. The van der Waals surface area contributed by atoms with E-state index in [1.807, 2.05) is 13.0 Å². The molecule has 2 rings (SSSR count). The van der Waals surface area contributed by atoms with Gasteiger partial charge in [0.1, 0.15) is 5.82 Å². The van der Waals surface area contributed by atoms with Crippen LogP contribution in [0.25, 0.3) is 0 Å². The topological polar surface area (TPSA) is 29.3 Å². The Balaban J connectivity index is 2.23. The van der Waals surface area contributed by atoms with Gasteiger partial charge in [-0.05, 0) is 37.1 Å². The van der Waals surface area contributed by atoms with Gasteiger partial charge in [0, 0.05) is 24.8 Å². The van der Waals surface area contributed by atoms with Crippen LogP contribution in [0.15, 0.2) is 18.2 Å². The van der Waals surface area contributed by atoms with Crippen molar-refractivity contribution in [3.05, 3.63) is 29.6 Å². The molecule has 0 amide bonds. The van der Waals surface area contributed by atoms with E-state index in [0.29, 0.717) is 0 Å². The van der Waals surface area contributed by atoms with Gasteiger partial charge >= 0.3 is 0 Å². The van der Waals surface area contributed by atoms with Gasteiger partial charge in [-0.15, -0.1) is 0 Å². The lowest BCUT2D eigenvalue weighted by atomic mass is 10.2. The van der Waals surface area contributed by atoms with Crippen molar-refractivity contribution in [2.75, 3.05) is 18.0 Å². The molecule has 3 heteroatoms. The van der Waals surface area contributed by atoms with Gasteiger partial charge in [-0.2, -0.15) is 0 Å². The smallest absolute Gasteiger partial charge is 0.125 e. The van der Waals surface area contributed by atoms with Crippen molar-refractivity contribution in [1.29, 1.82) is 0 Å². The molecule has 0 aliphatic carbocycles. The van der Waals surface area contributed by atoms with E-state index in [1.165, 1.54) is 0 Å². The van der Waals surface area contributed by atoms with E-state index in [4.69, 9.17) is 5.73 Å². The van der Waals surface area contributed by atoms with Crippen molar-refractivity contribution in [2.45, 2.75) is 19.4 Å². The zero-order valence-corrected chi connectivity index (χ0v) is 8.33. The summed E-state index contributed by atoms with van der Waals surface area (Å²) >= 11 is 0. The Hall–Kier alpha value is -1.09. The molecule has 0 bridgehead atoms. The minimum atomic E-state index is -0.166. The molecule has 0 aromatic heterocycles. The fourth-order valence-electron chi connectivity index (χ4n) is 1.92. The molecular weight excluding hydrogens is 179 g/mol. The number of nitrogens with zero attached hydrogens (tertiary/aromatic N) is 1. The van der Waals surface area contributed by atoms with Crippen LogP contribution in [0.4, 0.5) is 10.1 Å². The third-order valence-electron chi connectivity index (χ3n) is 2.62. The van der Waals surface area contributed by atoms with E-state index in [-0.39, 0.29) is 11.9 Å². The number of rotatable bonds is 1. The number of hydrogen-bond donors (Lipinski definition) is 1. The molecular formula is C11H15FN2. The quantitative estimate of drug-likeness (QED) is 0.737. The summed E-state index contributed by atoms with van der Waals surface area (Å²) in [6, 6.07) is 5.35. The number of halogens is 1. The lowest BCUT2D eigenvalue weighted by Crippen LogP contribution is -2.26. The van der Waals surface area contributed by atoms with Crippen molar-refractivity contribution < 1.29 is 4.39 Å². The van der Waals surface area contributed by atoms with E-state index >= 15 is 0 Å². The van der Waals surface area contributed by atoms with Crippen molar-refractivity contribution in [3.8, 4) is 0 Å². The molecule has 2 N–H and O–H groups in total. The maximum Gasteiger partial charge on any atom is 0.125 e. The first-order valence-electron chi connectivity index (χ1n) is 4.93. The van der Waals surface area contributed by atoms with Gasteiger partial charge in [-0.25, -0.2) is 4.39 Å². The van der Waals surface area contributed by atoms with E-state index in [9.17, 15) is 4.39 Å². The Kier molecular flexibility index (Phi) is 2.42. The molecule has 1 atom stereocenters. The predicted octanol–water partition coefficient (Wildman–Crippen LogP) is 1.67. The molecule has 76 valence electrons. The zero-order chi connectivity index (χ0) is 10.1. The normalized spacial score (nSPS) is 21.6. The van der Waals surface area contributed by atoms with Crippen molar-refractivity contribution in [2.24, 2.45) is 5.73 Å². The summed E-state index contributed by atoms with van der Waals surface area (Å²) in [4.78, 5) is 2.14. The highest BCUT2D eigenvalue weighted by Crippen LogP contribution is 2.22. The molecule has 1 aliphatic heterocycles. The molecule has 2 nitrogen and oxygen atoms in total. The average molecular weight is 194 g/mol. The first-order chi connectivity index (χ1) is 6.65. The highest BCUT2D eigenvalue weighted by atomic mass is 19.1. The standard InChI is InChI=1S/C11H15FN2/c1-8-4-9(12)6-11(5-8)14-3-2-10(13)7-14/h4-6,10H,2-3,7,13H2,1H3. The summed E-state index contributed by atoms with van der Waals surface area (Å²) in [6.07, 6.45) is 0.996. The Morgan fingerprint density at radius 1 is 1.43 bits per heavy atom. The summed E-state index contributed by atoms with van der Waals surface area (Å²) in [6.45, 7) is 3.68. The maximum absolute atomic E-state index is 13.1. The Labute approximate surface area is 83.5 Å². The van der Waals surface area contributed by atoms with Gasteiger partial charge in [0.25, 0.3) is 0 Å². The molecule has 0 saturated carbocycles. The number of hydrogen-bond acceptors (Lipinski definition) is 2. The number of nitrogens with two attached hydrogens (primary N) is 1. The lowest BCUT2D eigenvalue weighted by Gasteiger charge is -2.18. The van der Waals surface area contributed by atoms with Gasteiger partial charge < -0.3 is 10.6 Å². The molecule has 1 saturated heterocycles. The van der Waals surface area contributed by atoms with Gasteiger partial charge in [-0.3, -0.25) is 0 Å². The summed E-state index contributed by atoms with van der Waals surface area (Å²) in [5, 5.41) is 0. The molecule has 1 aromatic rings. The second kappa shape index (κ2) is 3.58. The van der Waals surface area contributed by atoms with Crippen LogP contribution in [0.5, 0.6) is 0 Å². The lowest BCUT2D eigenvalue weighted by molar-refractivity contribution is 0.626. The molecule has 1 aliphatic rings. The zero-order valence-electron chi connectivity index (χ0n) is 8.33. The molecule has 14 heavy (non-hydrogen) atoms. The van der Waals surface area contributed by atoms with Crippen LogP contribution in [0, 0.1) is 12.7 Å². The number of anilines is 1. The minimum absolute atomic E-state index is 0.166. The average Bonchev–Trinajstić information content (AvgIpc) is 2.50. The van der Waals surface area contributed by atoms with E-state index in [0.717, 1.165) is 30.8 Å². The molecule has 1 fully saturated rings. The van der Waals surface area contributed by atoms with E-state index < -0.39 is 0 Å². The van der Waals surface area contributed by atoms with E-state index in [2.05, 4.69) is 4.90 Å². The minimum Gasteiger partial charge on any atom is -0.370 e. The van der Waals surface area contributed by atoms with E-state index in [1.54, 1.807) is 12.1 Å². The van der Waals surface area contributed by atoms with Crippen LogP contribution in [0.1, 0.15) is 12.0 Å². The van der Waals surface area contributed by atoms with Gasteiger partial charge in [0.2, 0.25) is 0 Å². The summed E-state index contributed by atoms with van der Waals surface area (Å²) < 4.78 is 13.1. The Morgan fingerprint density at radius 2 is 2.21 bits per heavy atom. The summed E-state index contributed by atoms with van der Waals surface area (Å²) in [5.74, 6) is -0.166. The van der Waals surface area contributed by atoms with Gasteiger partial charge in [0.15, 0.2) is 0 Å². The van der Waals surface area contributed by atoms with Crippen LogP contribution in [-0.4, -0.2) is 19.1 Å². The first-order valence-corrected chi connectivity index (χ1v) is 4.93. The van der Waals surface area contributed by atoms with Crippen LogP contribution in [-0.2, 0) is 0 Å². The van der Waals surface area contributed by atoms with Crippen LogP contribution >= 0.6 is 0 Å². The molecule has 1 aromatic carbocycles. The highest BCUT2D eigenvalue weighted by molar-refractivity contribution is 5.49. The SMILES string of the molecule is Cc1cc(F)cc(N2CCC(N)C2)c1. The molecule has 0 radical (unpaired) electrons. The van der Waals surface area contributed by atoms with Crippen molar-refractivity contribution in [1.82, 2.24) is 0 Å². The fraction of sp³-hybridized carbons (Fsp3) is 0.455. The molecule has 1 heterocycles. The second-order valence-electron chi connectivity index (χ2n) is 3.98. The second-order valence-corrected chi connectivity index (χ2v) is 3.98. The summed E-state index contributed by atoms with van der Waals surface area (Å²) in [5.41, 5.74) is 7.72.